The van der Waals surface area contributed by atoms with Gasteiger partial charge in [0.15, 0.2) is 0 Å². The molecule has 0 unspecified atom stereocenters. The first-order valence-electron chi connectivity index (χ1n) is 9.93. The smallest absolute Gasteiger partial charge is 0.262 e. The van der Waals surface area contributed by atoms with Crippen LogP contribution in [0.1, 0.15) is 11.1 Å². The Labute approximate surface area is 192 Å². The van der Waals surface area contributed by atoms with Crippen molar-refractivity contribution >= 4 is 33.6 Å². The molecule has 8 nitrogen and oxygen atoms in total. The lowest BCUT2D eigenvalue weighted by Crippen LogP contribution is -2.41. The quantitative estimate of drug-likeness (QED) is 0.350. The lowest BCUT2D eigenvalue weighted by Gasteiger charge is -2.09. The average molecular weight is 466 g/mol. The van der Waals surface area contributed by atoms with Gasteiger partial charge in [0, 0.05) is 11.8 Å². The molecule has 0 aliphatic heterocycles. The van der Waals surface area contributed by atoms with Gasteiger partial charge in [0.1, 0.15) is 5.75 Å². The molecule has 0 spiro atoms. The highest BCUT2D eigenvalue weighted by atomic mass is 32.2. The zero-order valence-corrected chi connectivity index (χ0v) is 18.6. The number of amides is 2. The van der Waals surface area contributed by atoms with Crippen molar-refractivity contribution in [2.75, 3.05) is 11.8 Å². The van der Waals surface area contributed by atoms with E-state index in [1.807, 2.05) is 30.3 Å². The molecule has 0 aliphatic carbocycles. The summed E-state index contributed by atoms with van der Waals surface area (Å²) in [6.07, 6.45) is 2.89. The van der Waals surface area contributed by atoms with Crippen LogP contribution in [0.15, 0.2) is 89.8 Å². The summed E-state index contributed by atoms with van der Waals surface area (Å²) in [6.45, 7) is 0. The summed E-state index contributed by atoms with van der Waals surface area (Å²) in [5, 5.41) is 0. The molecule has 0 heterocycles. The second-order valence-electron chi connectivity index (χ2n) is 6.94. The van der Waals surface area contributed by atoms with Crippen molar-refractivity contribution < 1.29 is 22.7 Å². The first-order chi connectivity index (χ1) is 15.9. The number of hydrogen-bond donors (Lipinski definition) is 3. The third-order valence-corrected chi connectivity index (χ3v) is 5.89. The van der Waals surface area contributed by atoms with Crippen LogP contribution in [-0.4, -0.2) is 27.3 Å². The van der Waals surface area contributed by atoms with Gasteiger partial charge in [0.25, 0.3) is 15.9 Å². The van der Waals surface area contributed by atoms with Crippen molar-refractivity contribution in [1.82, 2.24) is 10.9 Å². The Bertz CT molecular complexity index is 1220. The molecule has 2 amide bonds. The summed E-state index contributed by atoms with van der Waals surface area (Å²) in [5.74, 6) is -0.245. The van der Waals surface area contributed by atoms with Crippen LogP contribution in [0.25, 0.3) is 6.08 Å². The maximum Gasteiger partial charge on any atom is 0.262 e. The molecule has 33 heavy (non-hydrogen) atoms. The number of methoxy groups -OCH3 is 1. The van der Waals surface area contributed by atoms with Gasteiger partial charge in [0.05, 0.1) is 18.4 Å². The highest BCUT2D eigenvalue weighted by Crippen LogP contribution is 2.19. The Kier molecular flexibility index (Phi) is 7.82. The van der Waals surface area contributed by atoms with E-state index < -0.39 is 15.9 Å². The Balaban J connectivity index is 1.52. The van der Waals surface area contributed by atoms with Crippen molar-refractivity contribution in [2.24, 2.45) is 0 Å². The Morgan fingerprint density at radius 1 is 0.879 bits per heavy atom. The lowest BCUT2D eigenvalue weighted by molar-refractivity contribution is -0.126. The van der Waals surface area contributed by atoms with Crippen molar-refractivity contribution in [2.45, 2.75) is 11.3 Å². The minimum absolute atomic E-state index is 0.0769. The Hall–Kier alpha value is -4.11. The molecule has 3 N–H and O–H groups in total. The Morgan fingerprint density at radius 2 is 1.55 bits per heavy atom. The number of sulfonamides is 1. The minimum atomic E-state index is -3.77. The number of rotatable bonds is 8. The fourth-order valence-corrected chi connectivity index (χ4v) is 3.86. The fourth-order valence-electron chi connectivity index (χ4n) is 2.80. The van der Waals surface area contributed by atoms with Crippen LogP contribution in [0.3, 0.4) is 0 Å². The third-order valence-electron chi connectivity index (χ3n) is 4.49. The van der Waals surface area contributed by atoms with Crippen molar-refractivity contribution in [1.29, 1.82) is 0 Å². The van der Waals surface area contributed by atoms with Crippen LogP contribution in [-0.2, 0) is 26.0 Å². The lowest BCUT2D eigenvalue weighted by atomic mass is 10.1. The number of anilines is 1. The number of nitrogens with one attached hydrogen (secondary N) is 3. The molecule has 3 aromatic rings. The largest absolute Gasteiger partial charge is 0.497 e. The fraction of sp³-hybridized carbons (Fsp3) is 0.0833. The van der Waals surface area contributed by atoms with Gasteiger partial charge in [-0.3, -0.25) is 25.2 Å². The Morgan fingerprint density at radius 3 is 2.18 bits per heavy atom. The van der Waals surface area contributed by atoms with E-state index in [-0.39, 0.29) is 17.2 Å². The van der Waals surface area contributed by atoms with Gasteiger partial charge in [0.2, 0.25) is 5.91 Å². The van der Waals surface area contributed by atoms with E-state index >= 15 is 0 Å². The number of benzene rings is 3. The van der Waals surface area contributed by atoms with Gasteiger partial charge in [-0.25, -0.2) is 8.42 Å². The molecule has 0 bridgehead atoms. The monoisotopic (exact) mass is 465 g/mol. The molecule has 0 saturated carbocycles. The molecule has 170 valence electrons. The first-order valence-corrected chi connectivity index (χ1v) is 11.4. The highest BCUT2D eigenvalue weighted by molar-refractivity contribution is 7.92. The summed E-state index contributed by atoms with van der Waals surface area (Å²) >= 11 is 0. The summed E-state index contributed by atoms with van der Waals surface area (Å²) in [5.41, 5.74) is 6.50. The van der Waals surface area contributed by atoms with Crippen LogP contribution in [0.2, 0.25) is 0 Å². The second kappa shape index (κ2) is 11.0. The summed E-state index contributed by atoms with van der Waals surface area (Å²) in [7, 11) is -2.24. The molecule has 0 atom stereocenters. The molecule has 0 aliphatic rings. The van der Waals surface area contributed by atoms with Crippen LogP contribution in [0.5, 0.6) is 5.75 Å². The average Bonchev–Trinajstić information content (AvgIpc) is 2.82. The van der Waals surface area contributed by atoms with E-state index in [1.165, 1.54) is 31.4 Å². The molecule has 0 aromatic heterocycles. The SMILES string of the molecule is COc1ccc(NS(=O)(=O)c2ccc(/C=C/C(=O)NNC(=O)Cc3ccccc3)cc2)cc1. The maximum absolute atomic E-state index is 12.5. The molecule has 0 saturated heterocycles. The van der Waals surface area contributed by atoms with Gasteiger partial charge in [-0.05, 0) is 53.6 Å². The van der Waals surface area contributed by atoms with E-state index in [4.69, 9.17) is 4.74 Å². The summed E-state index contributed by atoms with van der Waals surface area (Å²) in [6, 6.07) is 21.7. The van der Waals surface area contributed by atoms with Crippen molar-refractivity contribution in [3.63, 3.8) is 0 Å². The third kappa shape index (κ3) is 7.22. The van der Waals surface area contributed by atoms with Gasteiger partial charge in [-0.2, -0.15) is 0 Å². The maximum atomic E-state index is 12.5. The standard InChI is InChI=1S/C24H23N3O5S/c1-32-21-12-10-20(11-13-21)27-33(30,31)22-14-7-18(8-15-22)9-16-23(28)25-26-24(29)17-19-5-3-2-4-6-19/h2-16,27H,17H2,1H3,(H,25,28)(H,26,29)/b16-9+. The zero-order chi connectivity index (χ0) is 23.7. The minimum Gasteiger partial charge on any atom is -0.497 e. The van der Waals surface area contributed by atoms with Crippen molar-refractivity contribution in [3.05, 3.63) is 96.1 Å². The number of hydrazine groups is 1. The van der Waals surface area contributed by atoms with Gasteiger partial charge in [-0.15, -0.1) is 0 Å². The summed E-state index contributed by atoms with van der Waals surface area (Å²) < 4.78 is 32.6. The highest BCUT2D eigenvalue weighted by Gasteiger charge is 2.14. The number of ether oxygens (including phenoxy) is 1. The first kappa shape index (κ1) is 23.6. The molecular formula is C24H23N3O5S. The van der Waals surface area contributed by atoms with Crippen LogP contribution in [0, 0.1) is 0 Å². The molecular weight excluding hydrogens is 442 g/mol. The number of carbonyl (C=O) groups is 2. The van der Waals surface area contributed by atoms with E-state index in [0.717, 1.165) is 5.56 Å². The topological polar surface area (TPSA) is 114 Å². The van der Waals surface area contributed by atoms with Crippen LogP contribution >= 0.6 is 0 Å². The predicted molar refractivity (Wildman–Crippen MR) is 126 cm³/mol. The van der Waals surface area contributed by atoms with Crippen LogP contribution < -0.4 is 20.3 Å². The van der Waals surface area contributed by atoms with Gasteiger partial charge < -0.3 is 4.74 Å². The summed E-state index contributed by atoms with van der Waals surface area (Å²) in [4.78, 5) is 23.9. The van der Waals surface area contributed by atoms with E-state index in [1.54, 1.807) is 36.4 Å². The van der Waals surface area contributed by atoms with Gasteiger partial charge >= 0.3 is 0 Å². The van der Waals surface area contributed by atoms with E-state index in [9.17, 15) is 18.0 Å². The van der Waals surface area contributed by atoms with E-state index in [0.29, 0.717) is 17.0 Å². The van der Waals surface area contributed by atoms with Gasteiger partial charge in [-0.1, -0.05) is 42.5 Å². The van der Waals surface area contributed by atoms with Crippen molar-refractivity contribution in [3.8, 4) is 5.75 Å². The van der Waals surface area contributed by atoms with E-state index in [2.05, 4.69) is 15.6 Å². The molecule has 9 heteroatoms. The van der Waals surface area contributed by atoms with Crippen LogP contribution in [0.4, 0.5) is 5.69 Å². The number of carbonyl (C=O) groups excluding carboxylic acids is 2. The molecule has 3 rings (SSSR count). The number of hydrogen-bond acceptors (Lipinski definition) is 5. The molecule has 0 radical (unpaired) electrons. The molecule has 3 aromatic carbocycles. The zero-order valence-electron chi connectivity index (χ0n) is 17.8. The molecule has 0 fully saturated rings. The second-order valence-corrected chi connectivity index (χ2v) is 8.62. The normalized spacial score (nSPS) is 11.1. The predicted octanol–water partition coefficient (Wildman–Crippen LogP) is 2.90.